The largest absolute Gasteiger partial charge is 0.408 e. The van der Waals surface area contributed by atoms with Crippen LogP contribution in [0.2, 0.25) is 0 Å². The summed E-state index contributed by atoms with van der Waals surface area (Å²) in [4.78, 5) is 16.4. The van der Waals surface area contributed by atoms with Crippen LogP contribution in [0.1, 0.15) is 57.8 Å². The third kappa shape index (κ3) is 5.58. The molecule has 0 atom stereocenters. The van der Waals surface area contributed by atoms with Crippen molar-refractivity contribution in [2.24, 2.45) is 0 Å². The van der Waals surface area contributed by atoms with Crippen molar-refractivity contribution >= 4 is 33.7 Å². The van der Waals surface area contributed by atoms with E-state index in [9.17, 15) is 13.2 Å². The van der Waals surface area contributed by atoms with Gasteiger partial charge in [-0.15, -0.1) is 5.10 Å². The van der Waals surface area contributed by atoms with Crippen LogP contribution in [0.25, 0.3) is 0 Å². The lowest BCUT2D eigenvalue weighted by atomic mass is 9.96. The molecule has 0 bridgehead atoms. The van der Waals surface area contributed by atoms with Crippen molar-refractivity contribution in [3.05, 3.63) is 24.2 Å². The zero-order valence-corrected chi connectivity index (χ0v) is 19.0. The van der Waals surface area contributed by atoms with Gasteiger partial charge in [-0.25, -0.2) is 13.4 Å². The van der Waals surface area contributed by atoms with Gasteiger partial charge >= 0.3 is 6.01 Å². The molecule has 0 spiro atoms. The smallest absolute Gasteiger partial charge is 0.322 e. The number of amides is 1. The predicted octanol–water partition coefficient (Wildman–Crippen LogP) is 3.27. The van der Waals surface area contributed by atoms with Crippen molar-refractivity contribution in [1.29, 1.82) is 0 Å². The second-order valence-electron chi connectivity index (χ2n) is 7.58. The highest BCUT2D eigenvalue weighted by Crippen LogP contribution is 2.27. The highest BCUT2D eigenvalue weighted by molar-refractivity contribution is 7.99. The average Bonchev–Trinajstić information content (AvgIpc) is 3.21. The lowest BCUT2D eigenvalue weighted by molar-refractivity contribution is -0.113. The number of anilines is 1. The highest BCUT2D eigenvalue weighted by atomic mass is 32.2. The number of carbonyl (C=O) groups excluding carboxylic acids is 1. The van der Waals surface area contributed by atoms with Crippen LogP contribution in [0, 0.1) is 0 Å². The van der Waals surface area contributed by atoms with Crippen molar-refractivity contribution in [2.75, 3.05) is 18.1 Å². The Labute approximate surface area is 181 Å². The zero-order valence-electron chi connectivity index (χ0n) is 17.4. The van der Waals surface area contributed by atoms with Gasteiger partial charge in [-0.05, 0) is 25.0 Å². The van der Waals surface area contributed by atoms with E-state index >= 15 is 0 Å². The molecule has 1 amide bonds. The Morgan fingerprint density at radius 1 is 1.27 bits per heavy atom. The van der Waals surface area contributed by atoms with Gasteiger partial charge in [0.1, 0.15) is 4.90 Å². The van der Waals surface area contributed by atoms with Crippen molar-refractivity contribution in [3.8, 4) is 0 Å². The maximum Gasteiger partial charge on any atom is 0.322 e. The maximum absolute atomic E-state index is 12.9. The summed E-state index contributed by atoms with van der Waals surface area (Å²) in [7, 11) is -1.94. The lowest BCUT2D eigenvalue weighted by Crippen LogP contribution is -2.38. The molecule has 11 heteroatoms. The number of aromatic nitrogens is 3. The molecule has 2 aromatic rings. The molecule has 0 aliphatic heterocycles. The Kier molecular flexibility index (Phi) is 7.48. The minimum Gasteiger partial charge on any atom is -0.408 e. The number of sulfonamides is 1. The maximum atomic E-state index is 12.9. The molecule has 1 fully saturated rings. The highest BCUT2D eigenvalue weighted by Gasteiger charge is 2.29. The summed E-state index contributed by atoms with van der Waals surface area (Å²) < 4.78 is 32.5. The Morgan fingerprint density at radius 2 is 2.00 bits per heavy atom. The first kappa shape index (κ1) is 22.7. The molecule has 164 valence electrons. The van der Waals surface area contributed by atoms with Gasteiger partial charge in [-0.3, -0.25) is 10.1 Å². The van der Waals surface area contributed by atoms with Crippen LogP contribution in [0.15, 0.2) is 32.7 Å². The molecule has 30 heavy (non-hydrogen) atoms. The van der Waals surface area contributed by atoms with Crippen LogP contribution in [-0.2, 0) is 14.8 Å². The van der Waals surface area contributed by atoms with Gasteiger partial charge in [0, 0.05) is 25.2 Å². The van der Waals surface area contributed by atoms with E-state index in [1.807, 2.05) is 13.8 Å². The molecule has 1 aliphatic carbocycles. The summed E-state index contributed by atoms with van der Waals surface area (Å²) in [6.07, 6.45) is 6.42. The summed E-state index contributed by atoms with van der Waals surface area (Å²) in [5.74, 6) is 0.304. The van der Waals surface area contributed by atoms with Crippen molar-refractivity contribution in [2.45, 2.75) is 67.8 Å². The Balaban J connectivity index is 1.55. The van der Waals surface area contributed by atoms with Gasteiger partial charge in [0.2, 0.25) is 21.8 Å². The van der Waals surface area contributed by atoms with Gasteiger partial charge in [0.25, 0.3) is 0 Å². The topological polar surface area (TPSA) is 118 Å². The first-order valence-corrected chi connectivity index (χ1v) is 12.4. The van der Waals surface area contributed by atoms with E-state index in [1.54, 1.807) is 13.1 Å². The normalized spacial score (nSPS) is 15.6. The Morgan fingerprint density at radius 3 is 2.60 bits per heavy atom. The standard InChI is InChI=1S/C19H27N5O4S2/c1-13(2)18-22-23-19(28-18)21-16(25)12-29-17-10-9-15(11-20-17)30(26,27)24(3)14-7-5-4-6-8-14/h9-11,13-14H,4-8,12H2,1-3H3,(H,21,23,25). The molecule has 0 saturated heterocycles. The summed E-state index contributed by atoms with van der Waals surface area (Å²) in [5.41, 5.74) is 0. The van der Waals surface area contributed by atoms with Gasteiger partial charge in [-0.1, -0.05) is 50.0 Å². The second kappa shape index (κ2) is 9.88. The van der Waals surface area contributed by atoms with E-state index in [-0.39, 0.29) is 34.5 Å². The number of hydrogen-bond acceptors (Lipinski definition) is 8. The van der Waals surface area contributed by atoms with Crippen LogP contribution in [0.5, 0.6) is 0 Å². The molecule has 1 saturated carbocycles. The minimum atomic E-state index is -3.58. The predicted molar refractivity (Wildman–Crippen MR) is 114 cm³/mol. The minimum absolute atomic E-state index is 0.0439. The van der Waals surface area contributed by atoms with Crippen LogP contribution in [-0.4, -0.2) is 52.7 Å². The number of rotatable bonds is 8. The number of hydrogen-bond donors (Lipinski definition) is 1. The number of nitrogens with zero attached hydrogens (tertiary/aromatic N) is 4. The van der Waals surface area contributed by atoms with Crippen molar-refractivity contribution in [3.63, 3.8) is 0 Å². The van der Waals surface area contributed by atoms with Crippen LogP contribution in [0.3, 0.4) is 0 Å². The van der Waals surface area contributed by atoms with Gasteiger partial charge in [0.15, 0.2) is 0 Å². The number of pyridine rings is 1. The molecule has 0 aromatic carbocycles. The van der Waals surface area contributed by atoms with E-state index in [0.717, 1.165) is 32.1 Å². The van der Waals surface area contributed by atoms with E-state index < -0.39 is 10.0 Å². The lowest BCUT2D eigenvalue weighted by Gasteiger charge is -2.30. The van der Waals surface area contributed by atoms with Gasteiger partial charge in [-0.2, -0.15) is 4.31 Å². The fourth-order valence-corrected chi connectivity index (χ4v) is 5.23. The first-order chi connectivity index (χ1) is 14.3. The summed E-state index contributed by atoms with van der Waals surface area (Å²) >= 11 is 1.20. The monoisotopic (exact) mass is 453 g/mol. The van der Waals surface area contributed by atoms with Crippen LogP contribution >= 0.6 is 11.8 Å². The van der Waals surface area contributed by atoms with Crippen molar-refractivity contribution in [1.82, 2.24) is 19.5 Å². The fraction of sp³-hybridized carbons (Fsp3) is 0.579. The average molecular weight is 454 g/mol. The summed E-state index contributed by atoms with van der Waals surface area (Å²) in [6.45, 7) is 3.83. The molecule has 2 aromatic heterocycles. The van der Waals surface area contributed by atoms with Gasteiger partial charge < -0.3 is 4.42 Å². The SMILES string of the molecule is CC(C)c1nnc(NC(=O)CSc2ccc(S(=O)(=O)N(C)C3CCCCC3)cn2)o1. The molecule has 0 unspecified atom stereocenters. The van der Waals surface area contributed by atoms with Crippen LogP contribution < -0.4 is 5.32 Å². The molecule has 9 nitrogen and oxygen atoms in total. The van der Waals surface area contributed by atoms with E-state index in [1.165, 1.54) is 28.3 Å². The first-order valence-electron chi connectivity index (χ1n) is 9.97. The molecule has 2 heterocycles. The Bertz CT molecular complexity index is 954. The quantitative estimate of drug-likeness (QED) is 0.605. The van der Waals surface area contributed by atoms with Crippen LogP contribution in [0.4, 0.5) is 6.01 Å². The number of nitrogens with one attached hydrogen (secondary N) is 1. The summed E-state index contributed by atoms with van der Waals surface area (Å²) in [6, 6.07) is 3.25. The van der Waals surface area contributed by atoms with E-state index in [4.69, 9.17) is 4.42 Å². The van der Waals surface area contributed by atoms with E-state index in [2.05, 4.69) is 20.5 Å². The molecule has 1 N–H and O–H groups in total. The Hall–Kier alpha value is -1.98. The number of carbonyl (C=O) groups is 1. The molecule has 3 rings (SSSR count). The second-order valence-corrected chi connectivity index (χ2v) is 10.6. The van der Waals surface area contributed by atoms with Gasteiger partial charge in [0.05, 0.1) is 10.8 Å². The molecule has 0 radical (unpaired) electrons. The summed E-state index contributed by atoms with van der Waals surface area (Å²) in [5, 5.41) is 10.7. The molecular weight excluding hydrogens is 426 g/mol. The van der Waals surface area contributed by atoms with Crippen molar-refractivity contribution < 1.29 is 17.6 Å². The molecule has 1 aliphatic rings. The third-order valence-electron chi connectivity index (χ3n) is 5.01. The third-order valence-corrected chi connectivity index (χ3v) is 7.84. The number of thioether (sulfide) groups is 1. The molecular formula is C19H27N5O4S2. The zero-order chi connectivity index (χ0) is 21.7. The fourth-order valence-electron chi connectivity index (χ4n) is 3.23. The van der Waals surface area contributed by atoms with E-state index in [0.29, 0.717) is 10.9 Å².